The molecule has 0 atom stereocenters. The van der Waals surface area contributed by atoms with Gasteiger partial charge >= 0.3 is 0 Å². The molecule has 0 aliphatic carbocycles. The molecule has 1 aromatic rings. The van der Waals surface area contributed by atoms with Crippen LogP contribution in [0, 0.1) is 0 Å². The summed E-state index contributed by atoms with van der Waals surface area (Å²) in [6.45, 7) is 4.06. The molecule has 0 aliphatic heterocycles. The van der Waals surface area contributed by atoms with Gasteiger partial charge in [0.2, 0.25) is 5.91 Å². The Morgan fingerprint density at radius 3 is 2.44 bits per heavy atom. The summed E-state index contributed by atoms with van der Waals surface area (Å²) in [6.07, 6.45) is 1.44. The Morgan fingerprint density at radius 1 is 1.17 bits per heavy atom. The second-order valence-corrected chi connectivity index (χ2v) is 4.93. The lowest BCUT2D eigenvalue weighted by Crippen LogP contribution is -2.28. The number of halogens is 2. The van der Waals surface area contributed by atoms with Gasteiger partial charge in [0.05, 0.1) is 0 Å². The van der Waals surface area contributed by atoms with E-state index in [-0.39, 0.29) is 5.91 Å². The Kier molecular flexibility index (Phi) is 7.09. The lowest BCUT2D eigenvalue weighted by atomic mass is 10.2. The summed E-state index contributed by atoms with van der Waals surface area (Å²) < 4.78 is 0. The molecule has 5 heteroatoms. The number of benzene rings is 1. The molecule has 0 bridgehead atoms. The average molecular weight is 289 g/mol. The Morgan fingerprint density at radius 2 is 1.83 bits per heavy atom. The first-order chi connectivity index (χ1) is 8.61. The van der Waals surface area contributed by atoms with Gasteiger partial charge in [-0.15, -0.1) is 0 Å². The highest BCUT2D eigenvalue weighted by molar-refractivity contribution is 6.34. The minimum atomic E-state index is 0.0773. The summed E-state index contributed by atoms with van der Waals surface area (Å²) >= 11 is 11.8. The van der Waals surface area contributed by atoms with Crippen molar-refractivity contribution < 1.29 is 4.79 Å². The average Bonchev–Trinajstić information content (AvgIpc) is 2.31. The van der Waals surface area contributed by atoms with Crippen molar-refractivity contribution in [2.24, 2.45) is 0 Å². The number of amides is 1. The zero-order valence-corrected chi connectivity index (χ0v) is 11.9. The van der Waals surface area contributed by atoms with Crippen LogP contribution in [0.25, 0.3) is 0 Å². The highest BCUT2D eigenvalue weighted by Gasteiger charge is 2.01. The van der Waals surface area contributed by atoms with E-state index in [1.165, 1.54) is 0 Å². The number of carbonyl (C=O) groups is 1. The van der Waals surface area contributed by atoms with Crippen LogP contribution < -0.4 is 10.6 Å². The molecule has 2 N–H and O–H groups in total. The third-order valence-electron chi connectivity index (χ3n) is 2.35. The van der Waals surface area contributed by atoms with Crippen LogP contribution in [0.15, 0.2) is 18.2 Å². The minimum Gasteiger partial charge on any atom is -0.356 e. The van der Waals surface area contributed by atoms with E-state index >= 15 is 0 Å². The third-order valence-corrected chi connectivity index (χ3v) is 2.79. The molecule has 0 saturated heterocycles. The smallest absolute Gasteiger partial charge is 0.221 e. The minimum absolute atomic E-state index is 0.0773. The standard InChI is InChI=1S/C13H18Cl2N2O/c1-2-4-17-13(18)3-5-16-9-10-6-11(14)8-12(15)7-10/h6-8,16H,2-5,9H2,1H3,(H,17,18). The highest BCUT2D eigenvalue weighted by Crippen LogP contribution is 2.18. The molecule has 0 fully saturated rings. The van der Waals surface area contributed by atoms with Crippen molar-refractivity contribution in [3.8, 4) is 0 Å². The van der Waals surface area contributed by atoms with Gasteiger partial charge in [0.15, 0.2) is 0 Å². The van der Waals surface area contributed by atoms with Gasteiger partial charge in [0.25, 0.3) is 0 Å². The van der Waals surface area contributed by atoms with E-state index in [4.69, 9.17) is 23.2 Å². The third kappa shape index (κ3) is 6.24. The van der Waals surface area contributed by atoms with Crippen LogP contribution in [0.4, 0.5) is 0 Å². The molecule has 0 aromatic heterocycles. The largest absolute Gasteiger partial charge is 0.356 e. The van der Waals surface area contributed by atoms with E-state index < -0.39 is 0 Å². The Bertz CT molecular complexity index is 376. The predicted molar refractivity (Wildman–Crippen MR) is 76.1 cm³/mol. The van der Waals surface area contributed by atoms with E-state index in [0.29, 0.717) is 29.6 Å². The molecule has 3 nitrogen and oxygen atoms in total. The molecular formula is C13H18Cl2N2O. The van der Waals surface area contributed by atoms with Crippen LogP contribution in [0.5, 0.6) is 0 Å². The van der Waals surface area contributed by atoms with E-state index in [9.17, 15) is 4.79 Å². The fourth-order valence-electron chi connectivity index (χ4n) is 1.50. The van der Waals surface area contributed by atoms with Gasteiger partial charge in [0, 0.05) is 36.1 Å². The molecule has 1 amide bonds. The Hall–Kier alpha value is -0.770. The monoisotopic (exact) mass is 288 g/mol. The number of carbonyl (C=O) groups excluding carboxylic acids is 1. The first-order valence-electron chi connectivity index (χ1n) is 6.04. The van der Waals surface area contributed by atoms with E-state index in [1.807, 2.05) is 19.1 Å². The van der Waals surface area contributed by atoms with E-state index in [1.54, 1.807) is 6.07 Å². The molecular weight excluding hydrogens is 271 g/mol. The molecule has 0 heterocycles. The van der Waals surface area contributed by atoms with Crippen molar-refractivity contribution in [2.75, 3.05) is 13.1 Å². The maximum Gasteiger partial charge on any atom is 0.221 e. The van der Waals surface area contributed by atoms with Crippen LogP contribution >= 0.6 is 23.2 Å². The van der Waals surface area contributed by atoms with Crippen LogP contribution in [0.1, 0.15) is 25.3 Å². The van der Waals surface area contributed by atoms with Crippen LogP contribution in [-0.4, -0.2) is 19.0 Å². The Labute approximate surface area is 118 Å². The van der Waals surface area contributed by atoms with E-state index in [0.717, 1.165) is 18.5 Å². The first-order valence-corrected chi connectivity index (χ1v) is 6.79. The summed E-state index contributed by atoms with van der Waals surface area (Å²) in [5.74, 6) is 0.0773. The number of hydrogen-bond donors (Lipinski definition) is 2. The molecule has 1 aromatic carbocycles. The van der Waals surface area contributed by atoms with Crippen molar-refractivity contribution >= 4 is 29.1 Å². The first kappa shape index (κ1) is 15.3. The van der Waals surface area contributed by atoms with Crippen molar-refractivity contribution in [1.29, 1.82) is 0 Å². The zero-order valence-electron chi connectivity index (χ0n) is 10.4. The molecule has 0 unspecified atom stereocenters. The molecule has 0 aliphatic rings. The van der Waals surface area contributed by atoms with Gasteiger partial charge in [-0.25, -0.2) is 0 Å². The van der Waals surface area contributed by atoms with Crippen molar-refractivity contribution in [2.45, 2.75) is 26.3 Å². The topological polar surface area (TPSA) is 41.1 Å². The second kappa shape index (κ2) is 8.35. The second-order valence-electron chi connectivity index (χ2n) is 4.05. The SMILES string of the molecule is CCCNC(=O)CCNCc1cc(Cl)cc(Cl)c1. The maximum absolute atomic E-state index is 11.3. The summed E-state index contributed by atoms with van der Waals surface area (Å²) in [4.78, 5) is 11.3. The van der Waals surface area contributed by atoms with Gasteiger partial charge in [-0.3, -0.25) is 4.79 Å². The molecule has 0 spiro atoms. The number of nitrogens with one attached hydrogen (secondary N) is 2. The van der Waals surface area contributed by atoms with Gasteiger partial charge in [-0.05, 0) is 30.2 Å². The van der Waals surface area contributed by atoms with Crippen molar-refractivity contribution in [1.82, 2.24) is 10.6 Å². The molecule has 0 radical (unpaired) electrons. The quantitative estimate of drug-likeness (QED) is 0.758. The summed E-state index contributed by atoms with van der Waals surface area (Å²) in [6, 6.07) is 5.42. The molecule has 1 rings (SSSR count). The molecule has 100 valence electrons. The zero-order chi connectivity index (χ0) is 13.4. The summed E-state index contributed by atoms with van der Waals surface area (Å²) in [5.41, 5.74) is 1.02. The summed E-state index contributed by atoms with van der Waals surface area (Å²) in [7, 11) is 0. The normalized spacial score (nSPS) is 10.4. The van der Waals surface area contributed by atoms with Gasteiger partial charge < -0.3 is 10.6 Å². The van der Waals surface area contributed by atoms with Crippen molar-refractivity contribution in [3.05, 3.63) is 33.8 Å². The fraction of sp³-hybridized carbons (Fsp3) is 0.462. The number of rotatable bonds is 7. The molecule has 0 saturated carbocycles. The van der Waals surface area contributed by atoms with Gasteiger partial charge in [0.1, 0.15) is 0 Å². The van der Waals surface area contributed by atoms with E-state index in [2.05, 4.69) is 10.6 Å². The van der Waals surface area contributed by atoms with Gasteiger partial charge in [-0.1, -0.05) is 30.1 Å². The lowest BCUT2D eigenvalue weighted by molar-refractivity contribution is -0.120. The Balaban J connectivity index is 2.23. The van der Waals surface area contributed by atoms with Crippen LogP contribution in [-0.2, 0) is 11.3 Å². The van der Waals surface area contributed by atoms with Gasteiger partial charge in [-0.2, -0.15) is 0 Å². The predicted octanol–water partition coefficient (Wildman–Crippen LogP) is 3.00. The number of hydrogen-bond acceptors (Lipinski definition) is 2. The molecule has 18 heavy (non-hydrogen) atoms. The van der Waals surface area contributed by atoms with Crippen LogP contribution in [0.3, 0.4) is 0 Å². The lowest BCUT2D eigenvalue weighted by Gasteiger charge is -2.06. The van der Waals surface area contributed by atoms with Crippen LogP contribution in [0.2, 0.25) is 10.0 Å². The van der Waals surface area contributed by atoms with Crippen molar-refractivity contribution in [3.63, 3.8) is 0 Å². The fourth-order valence-corrected chi connectivity index (χ4v) is 2.07. The summed E-state index contributed by atoms with van der Waals surface area (Å²) in [5, 5.41) is 7.26. The maximum atomic E-state index is 11.3. The highest BCUT2D eigenvalue weighted by atomic mass is 35.5.